The third-order valence-electron chi connectivity index (χ3n) is 6.46. The third kappa shape index (κ3) is 6.05. The van der Waals surface area contributed by atoms with Crippen molar-refractivity contribution in [1.82, 2.24) is 4.90 Å². The molecular formula is C28H27N3O7S. The molecule has 0 saturated carbocycles. The number of benzene rings is 3. The van der Waals surface area contributed by atoms with E-state index >= 15 is 0 Å². The zero-order valence-electron chi connectivity index (χ0n) is 21.4. The monoisotopic (exact) mass is 549 g/mol. The van der Waals surface area contributed by atoms with E-state index in [-0.39, 0.29) is 29.1 Å². The molecule has 1 fully saturated rings. The van der Waals surface area contributed by atoms with Crippen molar-refractivity contribution >= 4 is 39.4 Å². The molecule has 1 aliphatic rings. The molecule has 1 unspecified atom stereocenters. The average molecular weight is 550 g/mol. The molecule has 10 nitrogen and oxygen atoms in total. The number of imide groups is 1. The first kappa shape index (κ1) is 27.7. The number of sulfonamides is 1. The predicted octanol–water partition coefficient (Wildman–Crippen LogP) is 2.45. The summed E-state index contributed by atoms with van der Waals surface area (Å²) in [6.07, 6.45) is 0.0910. The van der Waals surface area contributed by atoms with Gasteiger partial charge in [0.05, 0.1) is 29.7 Å². The second-order valence-corrected chi connectivity index (χ2v) is 10.7. The average Bonchev–Trinajstić information content (AvgIpc) is 3.21. The van der Waals surface area contributed by atoms with Crippen molar-refractivity contribution in [2.24, 2.45) is 5.14 Å². The van der Waals surface area contributed by atoms with Crippen molar-refractivity contribution in [3.8, 4) is 0 Å². The molecule has 2 N–H and O–H groups in total. The van der Waals surface area contributed by atoms with E-state index in [0.717, 1.165) is 16.0 Å². The largest absolute Gasteiger partial charge is 0.465 e. The lowest BCUT2D eigenvalue weighted by Crippen LogP contribution is -2.46. The van der Waals surface area contributed by atoms with E-state index in [1.807, 2.05) is 13.0 Å². The molecule has 1 atom stereocenters. The Kier molecular flexibility index (Phi) is 7.93. The highest BCUT2D eigenvalue weighted by Gasteiger charge is 2.44. The minimum Gasteiger partial charge on any atom is -0.465 e. The van der Waals surface area contributed by atoms with E-state index in [2.05, 4.69) is 4.74 Å². The van der Waals surface area contributed by atoms with Crippen LogP contribution in [0.4, 0.5) is 5.69 Å². The maximum atomic E-state index is 13.6. The van der Waals surface area contributed by atoms with Crippen LogP contribution >= 0.6 is 0 Å². The highest BCUT2D eigenvalue weighted by Crippen LogP contribution is 2.28. The quantitative estimate of drug-likeness (QED) is 0.336. The van der Waals surface area contributed by atoms with E-state index in [1.54, 1.807) is 30.3 Å². The molecule has 0 spiro atoms. The van der Waals surface area contributed by atoms with Crippen molar-refractivity contribution in [3.63, 3.8) is 0 Å². The number of anilines is 1. The van der Waals surface area contributed by atoms with Gasteiger partial charge < -0.3 is 9.64 Å². The maximum Gasteiger partial charge on any atom is 0.337 e. The molecule has 11 heteroatoms. The molecule has 0 bridgehead atoms. The Bertz CT molecular complexity index is 1530. The molecule has 39 heavy (non-hydrogen) atoms. The van der Waals surface area contributed by atoms with Crippen molar-refractivity contribution in [3.05, 3.63) is 95.1 Å². The van der Waals surface area contributed by atoms with Crippen LogP contribution in [0.5, 0.6) is 0 Å². The zero-order valence-corrected chi connectivity index (χ0v) is 22.2. The number of nitrogens with two attached hydrogens (primary N) is 1. The molecule has 0 aliphatic carbocycles. The number of aryl methyl sites for hydroxylation is 1. The first-order chi connectivity index (χ1) is 18.5. The fourth-order valence-corrected chi connectivity index (χ4v) is 4.95. The topological polar surface area (TPSA) is 144 Å². The van der Waals surface area contributed by atoms with E-state index in [1.165, 1.54) is 48.4 Å². The molecule has 3 amide bonds. The predicted molar refractivity (Wildman–Crippen MR) is 142 cm³/mol. The van der Waals surface area contributed by atoms with E-state index in [4.69, 9.17) is 5.14 Å². The van der Waals surface area contributed by atoms with E-state index < -0.39 is 39.8 Å². The summed E-state index contributed by atoms with van der Waals surface area (Å²) in [6.45, 7) is 1.94. The van der Waals surface area contributed by atoms with Crippen molar-refractivity contribution in [1.29, 1.82) is 0 Å². The SMILES string of the molecule is COC(=O)c1ccc(N2C(=O)CC(N(CCc3ccc(S(N)(=O)=O)cc3)C(=O)c3cccc(C)c3)C2=O)cc1. The molecule has 1 heterocycles. The van der Waals surface area contributed by atoms with Crippen molar-refractivity contribution < 1.29 is 32.3 Å². The highest BCUT2D eigenvalue weighted by atomic mass is 32.2. The van der Waals surface area contributed by atoms with E-state index in [9.17, 15) is 27.6 Å². The van der Waals surface area contributed by atoms with Gasteiger partial charge in [-0.15, -0.1) is 0 Å². The third-order valence-corrected chi connectivity index (χ3v) is 7.39. The second-order valence-electron chi connectivity index (χ2n) is 9.13. The Morgan fingerprint density at radius 3 is 2.26 bits per heavy atom. The molecule has 202 valence electrons. The Labute approximate surface area is 226 Å². The van der Waals surface area contributed by atoms with Gasteiger partial charge in [0, 0.05) is 12.1 Å². The van der Waals surface area contributed by atoms with Gasteiger partial charge in [-0.25, -0.2) is 23.3 Å². The standard InChI is InChI=1S/C28H27N3O7S/c1-18-4-3-5-21(16-18)26(33)30(15-14-19-6-12-23(13-7-19)39(29,36)37)24-17-25(32)31(27(24)34)22-10-8-20(9-11-22)28(35)38-2/h3-13,16,24H,14-15,17H2,1-2H3,(H2,29,36,37). The number of hydrogen-bond donors (Lipinski definition) is 1. The molecule has 3 aromatic carbocycles. The fourth-order valence-electron chi connectivity index (χ4n) is 4.43. The Morgan fingerprint density at radius 2 is 1.67 bits per heavy atom. The normalized spacial score (nSPS) is 15.4. The minimum atomic E-state index is -3.85. The van der Waals surface area contributed by atoms with Crippen LogP contribution in [-0.2, 0) is 30.8 Å². The van der Waals surface area contributed by atoms with Crippen LogP contribution in [0.1, 0.15) is 38.3 Å². The number of carbonyl (C=O) groups excluding carboxylic acids is 4. The Morgan fingerprint density at radius 1 is 1.00 bits per heavy atom. The number of amides is 3. The lowest BCUT2D eigenvalue weighted by Gasteiger charge is -2.28. The zero-order chi connectivity index (χ0) is 28.3. The highest BCUT2D eigenvalue weighted by molar-refractivity contribution is 7.89. The van der Waals surface area contributed by atoms with Gasteiger partial charge in [-0.05, 0) is 67.4 Å². The fraction of sp³-hybridized carbons (Fsp3) is 0.214. The van der Waals surface area contributed by atoms with Crippen molar-refractivity contribution in [2.75, 3.05) is 18.6 Å². The summed E-state index contributed by atoms with van der Waals surface area (Å²) >= 11 is 0. The number of ether oxygens (including phenoxy) is 1. The number of nitrogens with zero attached hydrogens (tertiary/aromatic N) is 2. The summed E-state index contributed by atoms with van der Waals surface area (Å²) < 4.78 is 27.8. The first-order valence-electron chi connectivity index (χ1n) is 12.0. The number of methoxy groups -OCH3 is 1. The second kappa shape index (κ2) is 11.2. The number of esters is 1. The maximum absolute atomic E-state index is 13.6. The van der Waals surface area contributed by atoms with Crippen LogP contribution in [0.2, 0.25) is 0 Å². The van der Waals surface area contributed by atoms with Crippen LogP contribution in [0.25, 0.3) is 0 Å². The molecule has 3 aromatic rings. The summed E-state index contributed by atoms with van der Waals surface area (Å²) in [5.41, 5.74) is 2.50. The van der Waals surface area contributed by atoms with Gasteiger partial charge in [0.2, 0.25) is 15.9 Å². The van der Waals surface area contributed by atoms with Gasteiger partial charge in [0.15, 0.2) is 0 Å². The smallest absolute Gasteiger partial charge is 0.337 e. The Hall–Kier alpha value is -4.35. The van der Waals surface area contributed by atoms with E-state index in [0.29, 0.717) is 12.0 Å². The van der Waals surface area contributed by atoms with Crippen molar-refractivity contribution in [2.45, 2.75) is 30.7 Å². The molecule has 1 aliphatic heterocycles. The number of primary sulfonamides is 1. The van der Waals surface area contributed by atoms with Gasteiger partial charge >= 0.3 is 5.97 Å². The molecule has 1 saturated heterocycles. The van der Waals surface area contributed by atoms with Crippen LogP contribution in [-0.4, -0.2) is 56.7 Å². The van der Waals surface area contributed by atoms with Crippen LogP contribution in [0, 0.1) is 6.92 Å². The molecule has 0 radical (unpaired) electrons. The van der Waals surface area contributed by atoms with Gasteiger partial charge in [0.25, 0.3) is 11.8 Å². The van der Waals surface area contributed by atoms with Gasteiger partial charge in [-0.2, -0.15) is 0 Å². The van der Waals surface area contributed by atoms with Crippen LogP contribution in [0.3, 0.4) is 0 Å². The number of rotatable bonds is 8. The summed E-state index contributed by atoms with van der Waals surface area (Å²) in [4.78, 5) is 54.3. The summed E-state index contributed by atoms with van der Waals surface area (Å²) in [7, 11) is -2.60. The lowest BCUT2D eigenvalue weighted by atomic mass is 10.1. The number of hydrogen-bond acceptors (Lipinski definition) is 7. The lowest BCUT2D eigenvalue weighted by molar-refractivity contribution is -0.122. The molecular weight excluding hydrogens is 522 g/mol. The van der Waals surface area contributed by atoms with Gasteiger partial charge in [0.1, 0.15) is 6.04 Å². The molecule has 0 aromatic heterocycles. The molecule has 4 rings (SSSR count). The summed E-state index contributed by atoms with van der Waals surface area (Å²) in [5, 5.41) is 5.17. The van der Waals surface area contributed by atoms with Crippen LogP contribution < -0.4 is 10.0 Å². The summed E-state index contributed by atoms with van der Waals surface area (Å²) in [5.74, 6) is -1.99. The van der Waals surface area contributed by atoms with Crippen LogP contribution in [0.15, 0.2) is 77.7 Å². The van der Waals surface area contributed by atoms with Gasteiger partial charge in [-0.3, -0.25) is 14.4 Å². The van der Waals surface area contributed by atoms with Gasteiger partial charge in [-0.1, -0.05) is 29.8 Å². The Balaban J connectivity index is 1.62. The first-order valence-corrected chi connectivity index (χ1v) is 13.6. The minimum absolute atomic E-state index is 0.0376. The number of carbonyl (C=O) groups is 4. The summed E-state index contributed by atoms with van der Waals surface area (Å²) in [6, 6.07) is 17.7.